The average molecular weight is 505 g/mol. The first kappa shape index (κ1) is 29.9. The van der Waals surface area contributed by atoms with E-state index in [1.807, 2.05) is 60.1 Å². The molecular formula is C18H45ClO6Si4. The Morgan fingerprint density at radius 2 is 0.897 bits per heavy atom. The normalized spacial score (nSPS) is 18.9. The molecule has 0 aromatic carbocycles. The zero-order valence-corrected chi connectivity index (χ0v) is 25.4. The van der Waals surface area contributed by atoms with Gasteiger partial charge in [-0.1, -0.05) is 20.8 Å². The van der Waals surface area contributed by atoms with Crippen LogP contribution in [0, 0.1) is 0 Å². The molecule has 6 nitrogen and oxygen atoms in total. The fourth-order valence-electron chi connectivity index (χ4n) is 2.66. The molecule has 0 radical (unpaired) electrons. The van der Waals surface area contributed by atoms with E-state index in [-0.39, 0.29) is 18.3 Å². The minimum absolute atomic E-state index is 0.0460. The lowest BCUT2D eigenvalue weighted by Gasteiger charge is -2.41. The summed E-state index contributed by atoms with van der Waals surface area (Å²) in [6.45, 7) is 24.2. The van der Waals surface area contributed by atoms with Crippen LogP contribution in [-0.2, 0) is 25.6 Å². The standard InChI is InChI=1S/C18H45ClO6Si4/c1-13-16(4)20-29(21-17(5)14-2,22-18(6)15-3)25-28(11,12)24-27(9,10)23-26(7,8)19/h16-18H,13-15H2,1-12H3. The second-order valence-corrected chi connectivity index (χ2v) is 24.2. The Bertz CT molecular complexity index is 444. The summed E-state index contributed by atoms with van der Waals surface area (Å²) in [5.41, 5.74) is 0. The van der Waals surface area contributed by atoms with Crippen LogP contribution < -0.4 is 0 Å². The number of hydrogen-bond donors (Lipinski definition) is 0. The highest BCUT2D eigenvalue weighted by atomic mass is 35.6. The molecule has 0 N–H and O–H groups in total. The van der Waals surface area contributed by atoms with Gasteiger partial charge in [-0.15, -0.1) is 11.1 Å². The molecule has 0 spiro atoms. The Kier molecular flexibility index (Phi) is 12.6. The zero-order valence-electron chi connectivity index (χ0n) is 20.7. The van der Waals surface area contributed by atoms with E-state index in [9.17, 15) is 0 Å². The first-order chi connectivity index (χ1) is 13.0. The topological polar surface area (TPSA) is 55.4 Å². The molecule has 0 amide bonds. The van der Waals surface area contributed by atoms with Crippen molar-refractivity contribution in [2.24, 2.45) is 0 Å². The van der Waals surface area contributed by atoms with Crippen LogP contribution in [0.5, 0.6) is 0 Å². The van der Waals surface area contributed by atoms with E-state index < -0.39 is 33.8 Å². The van der Waals surface area contributed by atoms with Gasteiger partial charge in [-0.05, 0) is 79.3 Å². The van der Waals surface area contributed by atoms with Gasteiger partial charge in [0.2, 0.25) is 0 Å². The maximum Gasteiger partial charge on any atom is 0.671 e. The summed E-state index contributed by atoms with van der Waals surface area (Å²) < 4.78 is 38.3. The van der Waals surface area contributed by atoms with E-state index >= 15 is 0 Å². The van der Waals surface area contributed by atoms with Crippen LogP contribution in [-0.4, -0.2) is 52.1 Å². The fraction of sp³-hybridized carbons (Fsp3) is 1.00. The molecule has 0 saturated carbocycles. The van der Waals surface area contributed by atoms with Gasteiger partial charge >= 0.3 is 26.2 Å². The van der Waals surface area contributed by atoms with Crippen molar-refractivity contribution in [3.8, 4) is 0 Å². The van der Waals surface area contributed by atoms with Gasteiger partial charge in [0.1, 0.15) is 0 Å². The van der Waals surface area contributed by atoms with E-state index in [1.54, 1.807) is 0 Å². The third kappa shape index (κ3) is 13.1. The maximum atomic E-state index is 6.61. The van der Waals surface area contributed by atoms with Gasteiger partial charge < -0.3 is 25.6 Å². The van der Waals surface area contributed by atoms with Gasteiger partial charge in [0.25, 0.3) is 7.63 Å². The average Bonchev–Trinajstić information content (AvgIpc) is 2.49. The molecule has 0 bridgehead atoms. The third-order valence-electron chi connectivity index (χ3n) is 4.11. The minimum atomic E-state index is -3.46. The smallest absolute Gasteiger partial charge is 0.425 e. The van der Waals surface area contributed by atoms with Gasteiger partial charge in [-0.3, -0.25) is 0 Å². The largest absolute Gasteiger partial charge is 0.671 e. The Morgan fingerprint density at radius 3 is 1.17 bits per heavy atom. The summed E-state index contributed by atoms with van der Waals surface area (Å²) in [6, 6.07) is 0. The van der Waals surface area contributed by atoms with Crippen molar-refractivity contribution in [1.82, 2.24) is 0 Å². The van der Waals surface area contributed by atoms with Crippen molar-refractivity contribution in [2.75, 3.05) is 0 Å². The molecule has 0 aliphatic rings. The SMILES string of the molecule is CCC(C)O[Si](OC(C)CC)(OC(C)CC)O[Si](C)(C)O[Si](C)(C)O[Si](C)(C)Cl. The maximum absolute atomic E-state index is 6.61. The van der Waals surface area contributed by atoms with Gasteiger partial charge in [0.05, 0.1) is 0 Å². The van der Waals surface area contributed by atoms with Crippen molar-refractivity contribution in [3.05, 3.63) is 0 Å². The van der Waals surface area contributed by atoms with Crippen molar-refractivity contribution < 1.29 is 25.6 Å². The summed E-state index contributed by atoms with van der Waals surface area (Å²) in [5.74, 6) is 0. The lowest BCUT2D eigenvalue weighted by Crippen LogP contribution is -2.62. The van der Waals surface area contributed by atoms with Crippen LogP contribution in [0.4, 0.5) is 0 Å². The Balaban J connectivity index is 5.81. The van der Waals surface area contributed by atoms with Gasteiger partial charge in [-0.2, -0.15) is 0 Å². The molecule has 0 aliphatic carbocycles. The molecule has 176 valence electrons. The first-order valence-electron chi connectivity index (χ1n) is 10.8. The van der Waals surface area contributed by atoms with Crippen LogP contribution in [0.3, 0.4) is 0 Å². The quantitative estimate of drug-likeness (QED) is 0.194. The van der Waals surface area contributed by atoms with Crippen molar-refractivity contribution in [2.45, 2.75) is 118 Å². The second-order valence-electron chi connectivity index (χ2n) is 8.98. The molecule has 0 aromatic rings. The summed E-state index contributed by atoms with van der Waals surface area (Å²) in [7, 11) is -10.9. The summed E-state index contributed by atoms with van der Waals surface area (Å²) in [4.78, 5) is 0. The molecule has 0 saturated heterocycles. The zero-order chi connectivity index (χ0) is 23.1. The molecule has 0 aliphatic heterocycles. The lowest BCUT2D eigenvalue weighted by molar-refractivity contribution is -0.0631. The van der Waals surface area contributed by atoms with E-state index in [0.29, 0.717) is 0 Å². The fourth-order valence-corrected chi connectivity index (χ4v) is 20.0. The Hall–Kier alpha value is 0.918. The van der Waals surface area contributed by atoms with E-state index in [4.69, 9.17) is 36.7 Å². The third-order valence-corrected chi connectivity index (χ3v) is 17.7. The molecule has 29 heavy (non-hydrogen) atoms. The number of hydrogen-bond acceptors (Lipinski definition) is 6. The highest BCUT2D eigenvalue weighted by Crippen LogP contribution is 2.29. The lowest BCUT2D eigenvalue weighted by atomic mass is 10.3. The number of halogens is 1. The highest BCUT2D eigenvalue weighted by Gasteiger charge is 2.55. The van der Waals surface area contributed by atoms with Gasteiger partial charge in [-0.25, -0.2) is 0 Å². The molecule has 0 fully saturated rings. The van der Waals surface area contributed by atoms with Gasteiger partial charge in [0.15, 0.2) is 0 Å². The summed E-state index contributed by atoms with van der Waals surface area (Å²) in [5, 5.41) is 0. The highest BCUT2D eigenvalue weighted by molar-refractivity contribution is 7.17. The summed E-state index contributed by atoms with van der Waals surface area (Å²) >= 11 is 6.42. The van der Waals surface area contributed by atoms with Gasteiger partial charge in [0, 0.05) is 18.3 Å². The first-order valence-corrected chi connectivity index (χ1v) is 22.0. The van der Waals surface area contributed by atoms with Crippen LogP contribution in [0.25, 0.3) is 0 Å². The van der Waals surface area contributed by atoms with Crippen LogP contribution >= 0.6 is 11.1 Å². The molecule has 3 unspecified atom stereocenters. The Morgan fingerprint density at radius 1 is 0.586 bits per heavy atom. The predicted molar refractivity (Wildman–Crippen MR) is 130 cm³/mol. The molecule has 0 aromatic heterocycles. The van der Waals surface area contributed by atoms with E-state index in [1.165, 1.54) is 0 Å². The molecular weight excluding hydrogens is 460 g/mol. The van der Waals surface area contributed by atoms with Crippen LogP contribution in [0.1, 0.15) is 60.8 Å². The van der Waals surface area contributed by atoms with Crippen molar-refractivity contribution in [3.63, 3.8) is 0 Å². The predicted octanol–water partition coefficient (Wildman–Crippen LogP) is 6.26. The Labute approximate surface area is 188 Å². The van der Waals surface area contributed by atoms with E-state index in [0.717, 1.165) is 19.3 Å². The minimum Gasteiger partial charge on any atom is -0.425 e. The second kappa shape index (κ2) is 12.2. The monoisotopic (exact) mass is 504 g/mol. The molecule has 11 heteroatoms. The van der Waals surface area contributed by atoms with Crippen LogP contribution in [0.2, 0.25) is 39.3 Å². The van der Waals surface area contributed by atoms with Crippen molar-refractivity contribution >= 4 is 44.9 Å². The summed E-state index contributed by atoms with van der Waals surface area (Å²) in [6.07, 6.45) is 2.37. The van der Waals surface area contributed by atoms with E-state index in [2.05, 4.69) is 20.8 Å². The van der Waals surface area contributed by atoms with Crippen molar-refractivity contribution in [1.29, 1.82) is 0 Å². The molecule has 0 rings (SSSR count). The number of rotatable bonds is 15. The molecule has 3 atom stereocenters. The molecule has 0 heterocycles. The van der Waals surface area contributed by atoms with Crippen LogP contribution in [0.15, 0.2) is 0 Å².